The number of quaternary nitrogens is 4. The number of nitrogens with zero attached hydrogens (tertiary/aromatic N) is 4. The molecule has 13 heteroatoms. The van der Waals surface area contributed by atoms with Gasteiger partial charge < -0.3 is 47.5 Å². The molecule has 0 fully saturated rings. The number of aliphatic hydroxyl groups excluding tert-OH is 3. The van der Waals surface area contributed by atoms with Crippen molar-refractivity contribution in [2.75, 3.05) is 147 Å². The zero-order valence-corrected chi connectivity index (χ0v) is 34.5. The van der Waals surface area contributed by atoms with E-state index in [0.717, 1.165) is 93.3 Å². The van der Waals surface area contributed by atoms with Crippen molar-refractivity contribution >= 4 is 17.9 Å². The summed E-state index contributed by atoms with van der Waals surface area (Å²) in [6, 6.07) is 0. The fraction of sp³-hybridized carbons (Fsp3) is 0.921. The van der Waals surface area contributed by atoms with Crippen LogP contribution in [0.15, 0.2) is 0 Å². The van der Waals surface area contributed by atoms with Crippen LogP contribution >= 0.6 is 0 Å². The maximum Gasteiger partial charge on any atom is 0.311 e. The first-order valence-electron chi connectivity index (χ1n) is 19.6. The monoisotopic (exact) mass is 739 g/mol. The lowest BCUT2D eigenvalue weighted by atomic mass is 10.2. The minimum absolute atomic E-state index is 0.116. The fourth-order valence-electron chi connectivity index (χ4n) is 6.08. The molecular weight excluding hydrogens is 656 g/mol. The van der Waals surface area contributed by atoms with Crippen LogP contribution in [-0.2, 0) is 28.6 Å². The predicted octanol–water partition coefficient (Wildman–Crippen LogP) is 2.59. The second-order valence-electron chi connectivity index (χ2n) is 15.5. The summed E-state index contributed by atoms with van der Waals surface area (Å²) in [4.78, 5) is 35.5. The number of carbonyl (C=O) groups excluding carboxylic acids is 3. The fourth-order valence-corrected chi connectivity index (χ4v) is 6.08. The highest BCUT2D eigenvalue weighted by Gasteiger charge is 2.28. The molecule has 0 rings (SSSR count). The van der Waals surface area contributed by atoms with Gasteiger partial charge in [0.05, 0.1) is 147 Å². The molecule has 0 saturated carbocycles. The Morgan fingerprint density at radius 1 is 0.412 bits per heavy atom. The van der Waals surface area contributed by atoms with Crippen molar-refractivity contribution in [3.8, 4) is 0 Å². The van der Waals surface area contributed by atoms with E-state index in [-0.39, 0.29) is 37.7 Å². The van der Waals surface area contributed by atoms with Gasteiger partial charge in [0.25, 0.3) is 0 Å². The summed E-state index contributed by atoms with van der Waals surface area (Å²) in [6.07, 6.45) is 6.71. The summed E-state index contributed by atoms with van der Waals surface area (Å²) in [7, 11) is 10.6. The Hall–Kier alpha value is -1.87. The van der Waals surface area contributed by atoms with E-state index >= 15 is 0 Å². The minimum Gasteiger partial charge on any atom is -0.466 e. The normalized spacial score (nSPS) is 13.2. The molecule has 3 N–H and O–H groups in total. The van der Waals surface area contributed by atoms with Gasteiger partial charge in [-0.05, 0) is 25.7 Å². The molecule has 0 aliphatic heterocycles. The van der Waals surface area contributed by atoms with Crippen molar-refractivity contribution in [3.05, 3.63) is 0 Å². The van der Waals surface area contributed by atoms with E-state index in [1.165, 1.54) is 0 Å². The summed E-state index contributed by atoms with van der Waals surface area (Å²) < 4.78 is 18.5. The second kappa shape index (κ2) is 29.6. The molecule has 1 atom stereocenters. The Labute approximate surface area is 311 Å². The zero-order valence-electron chi connectivity index (χ0n) is 34.5. The molecule has 0 aliphatic rings. The summed E-state index contributed by atoms with van der Waals surface area (Å²) >= 11 is 0. The number of aliphatic hydroxyl groups is 3. The first-order valence-corrected chi connectivity index (χ1v) is 19.6. The van der Waals surface area contributed by atoms with Crippen molar-refractivity contribution in [2.24, 2.45) is 0 Å². The van der Waals surface area contributed by atoms with Gasteiger partial charge in [-0.3, -0.25) is 14.4 Å². The average Bonchev–Trinajstić information content (AvgIpc) is 3.07. The molecule has 1 unspecified atom stereocenters. The molecule has 0 heterocycles. The molecule has 0 spiro atoms. The first kappa shape index (κ1) is 51.2. The average molecular weight is 739 g/mol. The van der Waals surface area contributed by atoms with E-state index in [1.54, 1.807) is 0 Å². The highest BCUT2D eigenvalue weighted by atomic mass is 16.5. The third-order valence-electron chi connectivity index (χ3n) is 9.57. The topological polar surface area (TPSA) is 140 Å². The maximum atomic E-state index is 12.0. The lowest BCUT2D eigenvalue weighted by Crippen LogP contribution is -2.51. The van der Waals surface area contributed by atoms with E-state index in [2.05, 4.69) is 42.2 Å². The van der Waals surface area contributed by atoms with E-state index in [4.69, 9.17) is 24.4 Å². The molecule has 304 valence electrons. The van der Waals surface area contributed by atoms with Gasteiger partial charge in [0.1, 0.15) is 19.6 Å². The number of hydrogen-bond acceptors (Lipinski definition) is 9. The summed E-state index contributed by atoms with van der Waals surface area (Å²) in [5, 5.41) is 27.7. The van der Waals surface area contributed by atoms with E-state index in [0.29, 0.717) is 74.2 Å². The van der Waals surface area contributed by atoms with Gasteiger partial charge in [0.2, 0.25) is 0 Å². The van der Waals surface area contributed by atoms with E-state index in [9.17, 15) is 19.5 Å². The molecule has 0 amide bonds. The third kappa shape index (κ3) is 28.3. The number of esters is 3. The molecule has 0 aromatic heterocycles. The zero-order chi connectivity index (χ0) is 39.2. The van der Waals surface area contributed by atoms with Crippen LogP contribution < -0.4 is 0 Å². The number of carbonyl (C=O) groups is 3. The van der Waals surface area contributed by atoms with E-state index < -0.39 is 0 Å². The molecular formula is C38H82N4O9+4. The minimum atomic E-state index is -0.170. The lowest BCUT2D eigenvalue weighted by Gasteiger charge is -2.37. The molecule has 13 nitrogen and oxygen atoms in total. The Morgan fingerprint density at radius 2 is 0.725 bits per heavy atom. The van der Waals surface area contributed by atoms with Crippen molar-refractivity contribution in [1.82, 2.24) is 0 Å². The van der Waals surface area contributed by atoms with Crippen molar-refractivity contribution in [3.63, 3.8) is 0 Å². The molecule has 0 saturated heterocycles. The van der Waals surface area contributed by atoms with Crippen LogP contribution in [-0.4, -0.2) is 198 Å². The van der Waals surface area contributed by atoms with Gasteiger partial charge >= 0.3 is 17.9 Å². The maximum absolute atomic E-state index is 12.0. The molecule has 0 aromatic rings. The molecule has 51 heavy (non-hydrogen) atoms. The molecule has 0 aliphatic carbocycles. The van der Waals surface area contributed by atoms with Crippen LogP contribution in [0.4, 0.5) is 0 Å². The Bertz CT molecular complexity index is 869. The van der Waals surface area contributed by atoms with Crippen LogP contribution in [0.5, 0.6) is 0 Å². The van der Waals surface area contributed by atoms with Crippen LogP contribution in [0.3, 0.4) is 0 Å². The molecule has 0 aromatic carbocycles. The summed E-state index contributed by atoms with van der Waals surface area (Å²) in [6.45, 7) is 18.9. The van der Waals surface area contributed by atoms with Gasteiger partial charge in [-0.1, -0.05) is 27.7 Å². The van der Waals surface area contributed by atoms with Crippen LogP contribution in [0, 0.1) is 0 Å². The molecule has 0 bridgehead atoms. The number of hydrogen-bond donors (Lipinski definition) is 3. The quantitative estimate of drug-likeness (QED) is 0.0557. The predicted molar refractivity (Wildman–Crippen MR) is 203 cm³/mol. The SMILES string of the molecule is CCCOC(=O)CC[N+](C)(C)CCC[N+](C)(CCO)CCO.CCCOC(=O)CC[N+](C)(CCC[N+](C)(CCC)CCO)CCC(=O)OCCC. The van der Waals surface area contributed by atoms with Crippen LogP contribution in [0.2, 0.25) is 0 Å². The van der Waals surface area contributed by atoms with Crippen LogP contribution in [0.1, 0.15) is 85.5 Å². The standard InChI is InChI=1S/C22H46N2O5.C16H36N2O4/c1-6-12-23(4,17-18-25)13-9-14-24(5,15-10-21(26)28-19-7-2)16-11-22(27)29-20-8-3;1-5-15-22-16(21)7-10-17(2,3)8-6-9-18(4,11-13-19)12-14-20/h25H,6-20H2,1-5H3;19-20H,5-15H2,1-4H3/q2*+2. The van der Waals surface area contributed by atoms with Gasteiger partial charge in [-0.2, -0.15) is 0 Å². The number of likely N-dealkylation sites (N-methyl/N-ethyl adjacent to an activating group) is 2. The van der Waals surface area contributed by atoms with Gasteiger partial charge in [-0.15, -0.1) is 0 Å². The number of rotatable bonds is 31. The Balaban J connectivity index is 0. The largest absolute Gasteiger partial charge is 0.466 e. The third-order valence-corrected chi connectivity index (χ3v) is 9.57. The molecule has 0 radical (unpaired) electrons. The first-order chi connectivity index (χ1) is 24.0. The van der Waals surface area contributed by atoms with Crippen molar-refractivity contribution in [2.45, 2.75) is 85.5 Å². The second-order valence-corrected chi connectivity index (χ2v) is 15.5. The van der Waals surface area contributed by atoms with Gasteiger partial charge in [0.15, 0.2) is 0 Å². The highest BCUT2D eigenvalue weighted by Crippen LogP contribution is 2.13. The van der Waals surface area contributed by atoms with Gasteiger partial charge in [-0.25, -0.2) is 0 Å². The Morgan fingerprint density at radius 3 is 1.06 bits per heavy atom. The lowest BCUT2D eigenvalue weighted by molar-refractivity contribution is -0.927. The number of ether oxygens (including phenoxy) is 3. The highest BCUT2D eigenvalue weighted by molar-refractivity contribution is 5.70. The summed E-state index contributed by atoms with van der Waals surface area (Å²) in [5.74, 6) is -0.456. The smallest absolute Gasteiger partial charge is 0.311 e. The van der Waals surface area contributed by atoms with Crippen LogP contribution in [0.25, 0.3) is 0 Å². The summed E-state index contributed by atoms with van der Waals surface area (Å²) in [5.41, 5.74) is 0. The van der Waals surface area contributed by atoms with Crippen molar-refractivity contribution in [1.29, 1.82) is 0 Å². The van der Waals surface area contributed by atoms with Crippen molar-refractivity contribution < 1.29 is 61.8 Å². The Kier molecular flexibility index (Phi) is 29.7. The van der Waals surface area contributed by atoms with Gasteiger partial charge in [0, 0.05) is 12.8 Å². The van der Waals surface area contributed by atoms with E-state index in [1.807, 2.05) is 20.8 Å².